The van der Waals surface area contributed by atoms with E-state index in [9.17, 15) is 9.59 Å². The first-order chi connectivity index (χ1) is 12.9. The van der Waals surface area contributed by atoms with E-state index in [1.165, 1.54) is 5.56 Å². The topological polar surface area (TPSA) is 43.9 Å². The van der Waals surface area contributed by atoms with Crippen LogP contribution in [0.25, 0.3) is 0 Å². The van der Waals surface area contributed by atoms with Crippen molar-refractivity contribution < 1.29 is 9.59 Å². The Bertz CT molecular complexity index is 852. The van der Waals surface area contributed by atoms with Crippen LogP contribution < -0.4 is 4.90 Å². The molecule has 1 aliphatic rings. The molecule has 0 aromatic heterocycles. The molecule has 0 atom stereocenters. The third kappa shape index (κ3) is 4.13. The minimum atomic E-state index is 0.0250. The SMILES string of the molecule is Cc1ccc(C(=O)N2CCN(C(=O)c3cccc(N(C)C)c3)CC2)cc1C. The lowest BCUT2D eigenvalue weighted by atomic mass is 10.1. The Morgan fingerprint density at radius 2 is 1.33 bits per heavy atom. The number of amides is 2. The van der Waals surface area contributed by atoms with Gasteiger partial charge in [-0.1, -0.05) is 12.1 Å². The van der Waals surface area contributed by atoms with Gasteiger partial charge >= 0.3 is 0 Å². The van der Waals surface area contributed by atoms with E-state index in [4.69, 9.17) is 0 Å². The van der Waals surface area contributed by atoms with E-state index in [2.05, 4.69) is 0 Å². The van der Waals surface area contributed by atoms with Gasteiger partial charge in [0.15, 0.2) is 0 Å². The third-order valence-corrected chi connectivity index (χ3v) is 5.22. The molecule has 0 aliphatic carbocycles. The second kappa shape index (κ2) is 7.82. The van der Waals surface area contributed by atoms with Gasteiger partial charge in [-0.15, -0.1) is 0 Å². The number of benzene rings is 2. The van der Waals surface area contributed by atoms with Gasteiger partial charge in [0.1, 0.15) is 0 Å². The molecule has 0 spiro atoms. The summed E-state index contributed by atoms with van der Waals surface area (Å²) in [5.41, 5.74) is 4.72. The fourth-order valence-electron chi connectivity index (χ4n) is 3.27. The van der Waals surface area contributed by atoms with Gasteiger partial charge in [0.05, 0.1) is 0 Å². The van der Waals surface area contributed by atoms with Crippen LogP contribution in [0.5, 0.6) is 0 Å². The zero-order valence-electron chi connectivity index (χ0n) is 16.5. The van der Waals surface area contributed by atoms with Crippen LogP contribution in [0.15, 0.2) is 42.5 Å². The van der Waals surface area contributed by atoms with E-state index in [1.54, 1.807) is 0 Å². The molecule has 0 radical (unpaired) electrons. The predicted octanol–water partition coefficient (Wildman–Crippen LogP) is 2.97. The molecule has 1 aliphatic heterocycles. The summed E-state index contributed by atoms with van der Waals surface area (Å²) in [7, 11) is 3.92. The maximum absolute atomic E-state index is 12.8. The van der Waals surface area contributed by atoms with Crippen molar-refractivity contribution in [2.75, 3.05) is 45.2 Å². The highest BCUT2D eigenvalue weighted by atomic mass is 16.2. The average Bonchev–Trinajstić information content (AvgIpc) is 2.69. The van der Waals surface area contributed by atoms with Crippen molar-refractivity contribution >= 4 is 17.5 Å². The molecular formula is C22H27N3O2. The molecule has 2 amide bonds. The van der Waals surface area contributed by atoms with Gasteiger partial charge < -0.3 is 14.7 Å². The minimum Gasteiger partial charge on any atom is -0.378 e. The summed E-state index contributed by atoms with van der Waals surface area (Å²) in [5.74, 6) is 0.0665. The molecule has 0 unspecified atom stereocenters. The molecule has 1 fully saturated rings. The van der Waals surface area contributed by atoms with Gasteiger partial charge in [-0.05, 0) is 55.3 Å². The summed E-state index contributed by atoms with van der Waals surface area (Å²) in [6.07, 6.45) is 0. The van der Waals surface area contributed by atoms with E-state index in [0.29, 0.717) is 31.7 Å². The molecule has 2 aromatic rings. The second-order valence-electron chi connectivity index (χ2n) is 7.33. The first-order valence-electron chi connectivity index (χ1n) is 9.30. The summed E-state index contributed by atoms with van der Waals surface area (Å²) in [5, 5.41) is 0. The van der Waals surface area contributed by atoms with Crippen molar-refractivity contribution in [3.05, 3.63) is 64.7 Å². The standard InChI is InChI=1S/C22H27N3O2/c1-16-8-9-19(14-17(16)2)22(27)25-12-10-24(11-13-25)21(26)18-6-5-7-20(15-18)23(3)4/h5-9,14-15H,10-13H2,1-4H3. The molecule has 3 rings (SSSR count). The van der Waals surface area contributed by atoms with Crippen LogP contribution in [-0.2, 0) is 0 Å². The fourth-order valence-corrected chi connectivity index (χ4v) is 3.27. The van der Waals surface area contributed by atoms with Gasteiger partial charge in [-0.25, -0.2) is 0 Å². The van der Waals surface area contributed by atoms with Crippen molar-refractivity contribution in [1.82, 2.24) is 9.80 Å². The van der Waals surface area contributed by atoms with Crippen molar-refractivity contribution in [1.29, 1.82) is 0 Å². The Labute approximate surface area is 161 Å². The van der Waals surface area contributed by atoms with Gasteiger partial charge in [-0.2, -0.15) is 0 Å². The maximum atomic E-state index is 12.8. The van der Waals surface area contributed by atoms with E-state index in [0.717, 1.165) is 16.8 Å². The number of rotatable bonds is 3. The molecule has 27 heavy (non-hydrogen) atoms. The Morgan fingerprint density at radius 1 is 0.778 bits per heavy atom. The molecule has 0 N–H and O–H groups in total. The predicted molar refractivity (Wildman–Crippen MR) is 108 cm³/mol. The monoisotopic (exact) mass is 365 g/mol. The number of hydrogen-bond acceptors (Lipinski definition) is 3. The first kappa shape index (κ1) is 19.0. The van der Waals surface area contributed by atoms with Crippen LogP contribution in [0.2, 0.25) is 0 Å². The van der Waals surface area contributed by atoms with Gasteiger partial charge in [0.2, 0.25) is 0 Å². The van der Waals surface area contributed by atoms with Crippen LogP contribution in [0, 0.1) is 13.8 Å². The summed E-state index contributed by atoms with van der Waals surface area (Å²) >= 11 is 0. The van der Waals surface area contributed by atoms with Crippen LogP contribution in [0.4, 0.5) is 5.69 Å². The van der Waals surface area contributed by atoms with Crippen LogP contribution in [-0.4, -0.2) is 61.9 Å². The van der Waals surface area contributed by atoms with Crippen LogP contribution >= 0.6 is 0 Å². The van der Waals surface area contributed by atoms with Crippen molar-refractivity contribution in [2.24, 2.45) is 0 Å². The summed E-state index contributed by atoms with van der Waals surface area (Å²) in [4.78, 5) is 31.2. The number of carbonyl (C=O) groups is 2. The highest BCUT2D eigenvalue weighted by Crippen LogP contribution is 2.17. The highest BCUT2D eigenvalue weighted by molar-refractivity contribution is 5.96. The largest absolute Gasteiger partial charge is 0.378 e. The van der Waals surface area contributed by atoms with Gasteiger partial charge in [0.25, 0.3) is 11.8 Å². The average molecular weight is 365 g/mol. The van der Waals surface area contributed by atoms with E-state index >= 15 is 0 Å². The lowest BCUT2D eigenvalue weighted by Gasteiger charge is -2.35. The smallest absolute Gasteiger partial charge is 0.254 e. The molecule has 0 saturated carbocycles. The van der Waals surface area contributed by atoms with E-state index < -0.39 is 0 Å². The summed E-state index contributed by atoms with van der Waals surface area (Å²) in [6.45, 7) is 6.29. The molecule has 1 heterocycles. The lowest BCUT2D eigenvalue weighted by molar-refractivity contribution is 0.0535. The van der Waals surface area contributed by atoms with Crippen molar-refractivity contribution in [3.8, 4) is 0 Å². The number of hydrogen-bond donors (Lipinski definition) is 0. The maximum Gasteiger partial charge on any atom is 0.254 e. The molecule has 142 valence electrons. The molecule has 2 aromatic carbocycles. The molecule has 1 saturated heterocycles. The molecule has 5 heteroatoms. The lowest BCUT2D eigenvalue weighted by Crippen LogP contribution is -2.50. The zero-order valence-corrected chi connectivity index (χ0v) is 16.5. The van der Waals surface area contributed by atoms with E-state index in [1.807, 2.05) is 85.1 Å². The van der Waals surface area contributed by atoms with Crippen molar-refractivity contribution in [3.63, 3.8) is 0 Å². The fraction of sp³-hybridized carbons (Fsp3) is 0.364. The summed E-state index contributed by atoms with van der Waals surface area (Å²) < 4.78 is 0. The van der Waals surface area contributed by atoms with Crippen LogP contribution in [0.1, 0.15) is 31.8 Å². The van der Waals surface area contributed by atoms with Gasteiger partial charge in [0, 0.05) is 57.1 Å². The number of aryl methyl sites for hydroxylation is 2. The van der Waals surface area contributed by atoms with E-state index in [-0.39, 0.29) is 11.8 Å². The number of carbonyl (C=O) groups excluding carboxylic acids is 2. The van der Waals surface area contributed by atoms with Gasteiger partial charge in [-0.3, -0.25) is 9.59 Å². The van der Waals surface area contributed by atoms with Crippen molar-refractivity contribution in [2.45, 2.75) is 13.8 Å². The minimum absolute atomic E-state index is 0.0250. The Kier molecular flexibility index (Phi) is 5.49. The molecule has 5 nitrogen and oxygen atoms in total. The molecular weight excluding hydrogens is 338 g/mol. The first-order valence-corrected chi connectivity index (χ1v) is 9.30. The summed E-state index contributed by atoms with van der Waals surface area (Å²) in [6, 6.07) is 13.5. The highest BCUT2D eigenvalue weighted by Gasteiger charge is 2.25. The second-order valence-corrected chi connectivity index (χ2v) is 7.33. The molecule has 0 bridgehead atoms. The number of anilines is 1. The normalized spacial score (nSPS) is 14.2. The van der Waals surface area contributed by atoms with Crippen LogP contribution in [0.3, 0.4) is 0 Å². The third-order valence-electron chi connectivity index (χ3n) is 5.22. The Balaban J connectivity index is 1.64. The Hall–Kier alpha value is -2.82. The number of nitrogens with zero attached hydrogens (tertiary/aromatic N) is 3. The quantitative estimate of drug-likeness (QED) is 0.840. The Morgan fingerprint density at radius 3 is 1.85 bits per heavy atom. The number of piperazine rings is 1. The zero-order chi connectivity index (χ0) is 19.6.